The van der Waals surface area contributed by atoms with Crippen molar-refractivity contribution in [3.63, 3.8) is 0 Å². The number of carbonyl (C=O) groups excluding carboxylic acids is 1. The molecule has 1 atom stereocenters. The van der Waals surface area contributed by atoms with Crippen LogP contribution in [0.3, 0.4) is 0 Å². The Morgan fingerprint density at radius 2 is 1.65 bits per heavy atom. The highest BCUT2D eigenvalue weighted by Gasteiger charge is 2.51. The smallest absolute Gasteiger partial charge is 0.231 e. The van der Waals surface area contributed by atoms with E-state index in [1.807, 2.05) is 43.5 Å². The molecule has 1 aliphatic carbocycles. The molecule has 0 bridgehead atoms. The number of pyridine rings is 1. The molecule has 3 aromatic rings. The number of benzene rings is 2. The molecule has 130 valence electrons. The maximum absolute atomic E-state index is 12.9. The average molecular weight is 342 g/mol. The van der Waals surface area contributed by atoms with Crippen LogP contribution in [0.2, 0.25) is 0 Å². The van der Waals surface area contributed by atoms with Gasteiger partial charge in [0, 0.05) is 12.4 Å². The van der Waals surface area contributed by atoms with E-state index in [1.54, 1.807) is 6.20 Å². The van der Waals surface area contributed by atoms with Crippen molar-refractivity contribution in [2.75, 3.05) is 0 Å². The van der Waals surface area contributed by atoms with Gasteiger partial charge in [0.2, 0.25) is 5.91 Å². The minimum atomic E-state index is -0.382. The normalized spacial score (nSPS) is 15.9. The summed E-state index contributed by atoms with van der Waals surface area (Å²) in [4.78, 5) is 17.0. The zero-order chi connectivity index (χ0) is 18.0. The van der Waals surface area contributed by atoms with Crippen molar-refractivity contribution in [2.45, 2.75) is 31.2 Å². The Morgan fingerprint density at radius 1 is 0.962 bits per heavy atom. The second kappa shape index (κ2) is 6.75. The van der Waals surface area contributed by atoms with Crippen LogP contribution in [0.1, 0.15) is 36.9 Å². The van der Waals surface area contributed by atoms with E-state index < -0.39 is 0 Å². The average Bonchev–Trinajstić information content (AvgIpc) is 3.52. The Kier molecular flexibility index (Phi) is 4.29. The molecule has 1 N–H and O–H groups in total. The van der Waals surface area contributed by atoms with Gasteiger partial charge in [-0.2, -0.15) is 0 Å². The maximum Gasteiger partial charge on any atom is 0.231 e. The number of carbonyl (C=O) groups is 1. The van der Waals surface area contributed by atoms with Gasteiger partial charge in [-0.05, 0) is 48.1 Å². The van der Waals surface area contributed by atoms with Gasteiger partial charge in [0.05, 0.1) is 11.5 Å². The van der Waals surface area contributed by atoms with E-state index in [4.69, 9.17) is 0 Å². The highest BCUT2D eigenvalue weighted by atomic mass is 16.2. The Bertz CT molecular complexity index is 885. The van der Waals surface area contributed by atoms with Crippen LogP contribution in [0.5, 0.6) is 0 Å². The van der Waals surface area contributed by atoms with Crippen LogP contribution >= 0.6 is 0 Å². The first-order valence-electron chi connectivity index (χ1n) is 9.06. The molecule has 0 aliphatic heterocycles. The molecular formula is C23H22N2O. The number of amides is 1. The van der Waals surface area contributed by atoms with E-state index in [-0.39, 0.29) is 17.4 Å². The van der Waals surface area contributed by atoms with Gasteiger partial charge in [-0.25, -0.2) is 0 Å². The monoisotopic (exact) mass is 342 g/mol. The lowest BCUT2D eigenvalue weighted by atomic mass is 9.95. The maximum atomic E-state index is 12.9. The summed E-state index contributed by atoms with van der Waals surface area (Å²) in [6, 6.07) is 22.6. The second-order valence-corrected chi connectivity index (χ2v) is 7.01. The fourth-order valence-electron chi connectivity index (χ4n) is 3.43. The van der Waals surface area contributed by atoms with Crippen LogP contribution in [0.4, 0.5) is 0 Å². The quantitative estimate of drug-likeness (QED) is 0.733. The summed E-state index contributed by atoms with van der Waals surface area (Å²) in [6.45, 7) is 2.04. The molecule has 1 saturated carbocycles. The van der Waals surface area contributed by atoms with Crippen molar-refractivity contribution in [2.24, 2.45) is 0 Å². The van der Waals surface area contributed by atoms with Gasteiger partial charge in [-0.1, -0.05) is 60.7 Å². The third kappa shape index (κ3) is 3.13. The van der Waals surface area contributed by atoms with Gasteiger partial charge in [0.1, 0.15) is 0 Å². The first kappa shape index (κ1) is 16.5. The van der Waals surface area contributed by atoms with Crippen LogP contribution in [0, 0.1) is 0 Å². The van der Waals surface area contributed by atoms with Crippen LogP contribution in [0.15, 0.2) is 79.1 Å². The van der Waals surface area contributed by atoms with E-state index in [0.29, 0.717) is 0 Å². The lowest BCUT2D eigenvalue weighted by Gasteiger charge is -2.20. The minimum absolute atomic E-state index is 0.0264. The third-order valence-corrected chi connectivity index (χ3v) is 5.26. The molecule has 0 spiro atoms. The fourth-order valence-corrected chi connectivity index (χ4v) is 3.43. The summed E-state index contributed by atoms with van der Waals surface area (Å²) in [6.07, 6.45) is 5.34. The molecule has 26 heavy (non-hydrogen) atoms. The molecule has 1 aliphatic rings. The van der Waals surface area contributed by atoms with E-state index in [0.717, 1.165) is 24.0 Å². The second-order valence-electron chi connectivity index (χ2n) is 7.01. The fraction of sp³-hybridized carbons (Fsp3) is 0.217. The SMILES string of the molecule is CC(NC(=O)C1(c2cccnc2)CC1)c1ccc(-c2ccccc2)cc1. The molecule has 1 unspecified atom stereocenters. The summed E-state index contributed by atoms with van der Waals surface area (Å²) in [7, 11) is 0. The molecule has 4 rings (SSSR count). The van der Waals surface area contributed by atoms with Crippen molar-refractivity contribution in [3.8, 4) is 11.1 Å². The van der Waals surface area contributed by atoms with Gasteiger partial charge >= 0.3 is 0 Å². The molecule has 3 nitrogen and oxygen atoms in total. The van der Waals surface area contributed by atoms with E-state index in [9.17, 15) is 4.79 Å². The van der Waals surface area contributed by atoms with Crippen molar-refractivity contribution in [3.05, 3.63) is 90.3 Å². The van der Waals surface area contributed by atoms with Crippen molar-refractivity contribution < 1.29 is 4.79 Å². The van der Waals surface area contributed by atoms with Crippen molar-refractivity contribution >= 4 is 5.91 Å². The lowest BCUT2D eigenvalue weighted by Crippen LogP contribution is -2.36. The van der Waals surface area contributed by atoms with Crippen molar-refractivity contribution in [1.82, 2.24) is 10.3 Å². The largest absolute Gasteiger partial charge is 0.349 e. The first-order chi connectivity index (χ1) is 12.7. The summed E-state index contributed by atoms with van der Waals surface area (Å²) in [5.41, 5.74) is 4.13. The number of hydrogen-bond acceptors (Lipinski definition) is 2. The molecule has 1 amide bonds. The Morgan fingerprint density at radius 3 is 2.27 bits per heavy atom. The summed E-state index contributed by atoms with van der Waals surface area (Å²) in [5.74, 6) is 0.102. The van der Waals surface area contributed by atoms with Gasteiger partial charge in [-0.15, -0.1) is 0 Å². The number of nitrogens with zero attached hydrogens (tertiary/aromatic N) is 1. The highest BCUT2D eigenvalue weighted by Crippen LogP contribution is 2.48. The number of rotatable bonds is 5. The van der Waals surface area contributed by atoms with Gasteiger partial charge in [0.15, 0.2) is 0 Å². The summed E-state index contributed by atoms with van der Waals surface area (Å²) in [5, 5.41) is 3.19. The number of nitrogens with one attached hydrogen (secondary N) is 1. The minimum Gasteiger partial charge on any atom is -0.349 e. The van der Waals surface area contributed by atoms with Gasteiger partial charge in [-0.3, -0.25) is 9.78 Å². The standard InChI is InChI=1S/C23H22N2O/c1-17(18-9-11-20(12-10-18)19-6-3-2-4-7-19)25-22(26)23(13-14-23)21-8-5-15-24-16-21/h2-12,15-17H,13-14H2,1H3,(H,25,26). The van der Waals surface area contributed by atoms with Crippen molar-refractivity contribution in [1.29, 1.82) is 0 Å². The predicted octanol–water partition coefficient (Wildman–Crippen LogP) is 4.66. The predicted molar refractivity (Wildman–Crippen MR) is 104 cm³/mol. The van der Waals surface area contributed by atoms with Crippen LogP contribution in [-0.4, -0.2) is 10.9 Å². The number of aromatic nitrogens is 1. The Balaban J connectivity index is 1.47. The van der Waals surface area contributed by atoms with E-state index >= 15 is 0 Å². The zero-order valence-electron chi connectivity index (χ0n) is 14.9. The molecule has 0 radical (unpaired) electrons. The molecular weight excluding hydrogens is 320 g/mol. The number of hydrogen-bond donors (Lipinski definition) is 1. The molecule has 3 heteroatoms. The molecule has 1 heterocycles. The Labute approximate surface area is 154 Å². The van der Waals surface area contributed by atoms with Crippen LogP contribution < -0.4 is 5.32 Å². The summed E-state index contributed by atoms with van der Waals surface area (Å²) >= 11 is 0. The summed E-state index contributed by atoms with van der Waals surface area (Å²) < 4.78 is 0. The Hall–Kier alpha value is -2.94. The topological polar surface area (TPSA) is 42.0 Å². The van der Waals surface area contributed by atoms with Crippen LogP contribution in [-0.2, 0) is 10.2 Å². The van der Waals surface area contributed by atoms with Gasteiger partial charge in [0.25, 0.3) is 0 Å². The molecule has 0 saturated heterocycles. The molecule has 1 fully saturated rings. The highest BCUT2D eigenvalue weighted by molar-refractivity contribution is 5.91. The lowest BCUT2D eigenvalue weighted by molar-refractivity contribution is -0.124. The van der Waals surface area contributed by atoms with E-state index in [1.165, 1.54) is 11.1 Å². The first-order valence-corrected chi connectivity index (χ1v) is 9.06. The van der Waals surface area contributed by atoms with Gasteiger partial charge < -0.3 is 5.32 Å². The molecule has 2 aromatic carbocycles. The third-order valence-electron chi connectivity index (χ3n) is 5.26. The zero-order valence-corrected chi connectivity index (χ0v) is 14.9. The molecule has 1 aromatic heterocycles. The van der Waals surface area contributed by atoms with Crippen LogP contribution in [0.25, 0.3) is 11.1 Å². The van der Waals surface area contributed by atoms with E-state index in [2.05, 4.69) is 46.7 Å².